The van der Waals surface area contributed by atoms with Gasteiger partial charge in [-0.15, -0.1) is 0 Å². The van der Waals surface area contributed by atoms with Gasteiger partial charge in [0, 0.05) is 17.3 Å². The summed E-state index contributed by atoms with van der Waals surface area (Å²) in [6.45, 7) is 10.2. The first-order valence-electron chi connectivity index (χ1n) is 10.4. The van der Waals surface area contributed by atoms with Crippen molar-refractivity contribution in [3.8, 4) is 11.3 Å². The van der Waals surface area contributed by atoms with Crippen molar-refractivity contribution in [1.29, 1.82) is 0 Å². The van der Waals surface area contributed by atoms with E-state index in [0.717, 1.165) is 16.7 Å². The van der Waals surface area contributed by atoms with Crippen molar-refractivity contribution in [3.05, 3.63) is 77.0 Å². The molecule has 6 nitrogen and oxygen atoms in total. The molecule has 0 aliphatic carbocycles. The molecule has 0 saturated carbocycles. The van der Waals surface area contributed by atoms with Crippen LogP contribution in [0.3, 0.4) is 0 Å². The number of amides is 2. The summed E-state index contributed by atoms with van der Waals surface area (Å²) in [6.07, 6.45) is 1.74. The van der Waals surface area contributed by atoms with Crippen LogP contribution in [0.5, 0.6) is 0 Å². The molecule has 1 aromatic heterocycles. The first-order chi connectivity index (χ1) is 14.6. The van der Waals surface area contributed by atoms with E-state index in [9.17, 15) is 9.59 Å². The number of aromatic nitrogens is 2. The van der Waals surface area contributed by atoms with E-state index in [1.165, 1.54) is 5.56 Å². The van der Waals surface area contributed by atoms with Crippen molar-refractivity contribution in [2.75, 3.05) is 6.54 Å². The summed E-state index contributed by atoms with van der Waals surface area (Å²) in [5, 5.41) is 10.3. The number of nitrogens with one attached hydrogen (secondary N) is 2. The second kappa shape index (κ2) is 9.16. The zero-order chi connectivity index (χ0) is 22.6. The lowest BCUT2D eigenvalue weighted by Crippen LogP contribution is -2.45. The van der Waals surface area contributed by atoms with Crippen molar-refractivity contribution in [2.45, 2.75) is 46.7 Å². The van der Waals surface area contributed by atoms with Gasteiger partial charge in [0.15, 0.2) is 0 Å². The Hall–Kier alpha value is -3.41. The Kier molecular flexibility index (Phi) is 6.59. The highest BCUT2D eigenvalue weighted by atomic mass is 16.2. The molecule has 0 spiro atoms. The van der Waals surface area contributed by atoms with Gasteiger partial charge in [0.2, 0.25) is 5.91 Å². The topological polar surface area (TPSA) is 76.0 Å². The molecule has 3 rings (SSSR count). The van der Waals surface area contributed by atoms with E-state index in [4.69, 9.17) is 5.10 Å². The molecular weight excluding hydrogens is 388 g/mol. The SMILES string of the molecule is Cc1ccc(Cn2cc(C(=O)NCC(=O)NC(C)(C)C)c(-c3ccc(C)cc3)n2)cc1. The predicted octanol–water partition coefficient (Wildman–Crippen LogP) is 3.86. The Morgan fingerprint density at radius 3 is 2.10 bits per heavy atom. The number of nitrogens with zero attached hydrogens (tertiary/aromatic N) is 2. The van der Waals surface area contributed by atoms with Gasteiger partial charge in [0.05, 0.1) is 18.7 Å². The summed E-state index contributed by atoms with van der Waals surface area (Å²) >= 11 is 0. The number of carbonyl (C=O) groups is 2. The van der Waals surface area contributed by atoms with Crippen molar-refractivity contribution >= 4 is 11.8 Å². The van der Waals surface area contributed by atoms with E-state index in [1.807, 2.05) is 58.9 Å². The Morgan fingerprint density at radius 2 is 1.52 bits per heavy atom. The van der Waals surface area contributed by atoms with Crippen molar-refractivity contribution in [2.24, 2.45) is 0 Å². The molecule has 0 saturated heterocycles. The highest BCUT2D eigenvalue weighted by Crippen LogP contribution is 2.23. The molecule has 0 fully saturated rings. The molecule has 1 heterocycles. The minimum absolute atomic E-state index is 0.0907. The maximum absolute atomic E-state index is 12.9. The van der Waals surface area contributed by atoms with Gasteiger partial charge in [-0.3, -0.25) is 14.3 Å². The lowest BCUT2D eigenvalue weighted by molar-refractivity contribution is -0.121. The summed E-state index contributed by atoms with van der Waals surface area (Å²) in [5.74, 6) is -0.556. The van der Waals surface area contributed by atoms with Crippen LogP contribution in [0.4, 0.5) is 0 Å². The van der Waals surface area contributed by atoms with E-state index in [2.05, 4.69) is 34.9 Å². The summed E-state index contributed by atoms with van der Waals surface area (Å²) in [5.41, 5.74) is 4.97. The predicted molar refractivity (Wildman–Crippen MR) is 123 cm³/mol. The van der Waals surface area contributed by atoms with Gasteiger partial charge in [-0.2, -0.15) is 5.10 Å². The molecule has 0 atom stereocenters. The van der Waals surface area contributed by atoms with Crippen LogP contribution in [0.2, 0.25) is 0 Å². The quantitative estimate of drug-likeness (QED) is 0.638. The molecular formula is C25H30N4O2. The minimum Gasteiger partial charge on any atom is -0.350 e. The fourth-order valence-electron chi connectivity index (χ4n) is 3.19. The molecule has 2 amide bonds. The summed E-state index contributed by atoms with van der Waals surface area (Å²) in [4.78, 5) is 25.1. The molecule has 31 heavy (non-hydrogen) atoms. The fraction of sp³-hybridized carbons (Fsp3) is 0.320. The lowest BCUT2D eigenvalue weighted by Gasteiger charge is -2.20. The van der Waals surface area contributed by atoms with Crippen LogP contribution in [0, 0.1) is 13.8 Å². The van der Waals surface area contributed by atoms with Gasteiger partial charge in [0.1, 0.15) is 5.69 Å². The Balaban J connectivity index is 1.84. The van der Waals surface area contributed by atoms with Crippen molar-refractivity contribution in [1.82, 2.24) is 20.4 Å². The zero-order valence-corrected chi connectivity index (χ0v) is 18.8. The van der Waals surface area contributed by atoms with E-state index < -0.39 is 0 Å². The van der Waals surface area contributed by atoms with E-state index >= 15 is 0 Å². The number of aryl methyl sites for hydroxylation is 2. The van der Waals surface area contributed by atoms with E-state index in [1.54, 1.807) is 10.9 Å². The van der Waals surface area contributed by atoms with Crippen LogP contribution in [-0.4, -0.2) is 33.7 Å². The first-order valence-corrected chi connectivity index (χ1v) is 10.4. The van der Waals surface area contributed by atoms with Crippen LogP contribution in [0.15, 0.2) is 54.7 Å². The molecule has 2 N–H and O–H groups in total. The average molecular weight is 419 g/mol. The number of rotatable bonds is 6. The van der Waals surface area contributed by atoms with Gasteiger partial charge in [-0.05, 0) is 40.2 Å². The number of benzene rings is 2. The Morgan fingerprint density at radius 1 is 0.935 bits per heavy atom. The Bertz CT molecular complexity index is 1060. The third kappa shape index (κ3) is 6.28. The molecule has 0 bridgehead atoms. The molecule has 0 aliphatic rings. The maximum atomic E-state index is 12.9. The molecule has 2 aromatic carbocycles. The molecule has 6 heteroatoms. The van der Waals surface area contributed by atoms with Gasteiger partial charge in [-0.1, -0.05) is 59.7 Å². The molecule has 162 valence electrons. The van der Waals surface area contributed by atoms with Crippen LogP contribution in [0.1, 0.15) is 47.8 Å². The summed E-state index contributed by atoms with van der Waals surface area (Å²) in [6, 6.07) is 16.1. The average Bonchev–Trinajstić information content (AvgIpc) is 3.11. The minimum atomic E-state index is -0.353. The second-order valence-electron chi connectivity index (χ2n) is 8.92. The number of hydrogen-bond donors (Lipinski definition) is 2. The summed E-state index contributed by atoms with van der Waals surface area (Å²) in [7, 11) is 0. The standard InChI is InChI=1S/C25H30N4O2/c1-17-6-10-19(11-7-17)15-29-16-21(23(28-29)20-12-8-18(2)9-13-20)24(31)26-14-22(30)27-25(3,4)5/h6-13,16H,14-15H2,1-5H3,(H,26,31)(H,27,30). The summed E-state index contributed by atoms with van der Waals surface area (Å²) < 4.78 is 1.77. The van der Waals surface area contributed by atoms with Crippen LogP contribution in [0.25, 0.3) is 11.3 Å². The van der Waals surface area contributed by atoms with E-state index in [-0.39, 0.29) is 23.9 Å². The molecule has 0 aliphatic heterocycles. The van der Waals surface area contributed by atoms with Crippen molar-refractivity contribution in [3.63, 3.8) is 0 Å². The molecule has 3 aromatic rings. The highest BCUT2D eigenvalue weighted by Gasteiger charge is 2.20. The van der Waals surface area contributed by atoms with Gasteiger partial charge in [0.25, 0.3) is 5.91 Å². The third-order valence-electron chi connectivity index (χ3n) is 4.72. The monoisotopic (exact) mass is 418 g/mol. The normalized spacial score (nSPS) is 11.3. The zero-order valence-electron chi connectivity index (χ0n) is 18.8. The van der Waals surface area contributed by atoms with Gasteiger partial charge >= 0.3 is 0 Å². The maximum Gasteiger partial charge on any atom is 0.255 e. The van der Waals surface area contributed by atoms with E-state index in [0.29, 0.717) is 17.8 Å². The lowest BCUT2D eigenvalue weighted by atomic mass is 10.1. The third-order valence-corrected chi connectivity index (χ3v) is 4.72. The molecule has 0 radical (unpaired) electrons. The smallest absolute Gasteiger partial charge is 0.255 e. The highest BCUT2D eigenvalue weighted by molar-refractivity contribution is 6.01. The van der Waals surface area contributed by atoms with Crippen LogP contribution < -0.4 is 10.6 Å². The van der Waals surface area contributed by atoms with Gasteiger partial charge in [-0.25, -0.2) is 0 Å². The molecule has 0 unspecified atom stereocenters. The van der Waals surface area contributed by atoms with Crippen molar-refractivity contribution < 1.29 is 9.59 Å². The number of hydrogen-bond acceptors (Lipinski definition) is 3. The second-order valence-corrected chi connectivity index (χ2v) is 8.92. The Labute approximate surface area is 183 Å². The van der Waals surface area contributed by atoms with Crippen LogP contribution in [-0.2, 0) is 11.3 Å². The largest absolute Gasteiger partial charge is 0.350 e. The fourth-order valence-corrected chi connectivity index (χ4v) is 3.19. The van der Waals surface area contributed by atoms with Gasteiger partial charge < -0.3 is 10.6 Å². The van der Waals surface area contributed by atoms with Crippen LogP contribution >= 0.6 is 0 Å². The number of carbonyl (C=O) groups excluding carboxylic acids is 2. The first kappa shape index (κ1) is 22.3.